The Hall–Kier alpha value is -1.20. The Morgan fingerprint density at radius 1 is 1.42 bits per heavy atom. The first-order chi connectivity index (χ1) is 9.04. The maximum absolute atomic E-state index is 12.1. The fourth-order valence-corrected chi connectivity index (χ4v) is 2.29. The maximum atomic E-state index is 12.1. The van der Waals surface area contributed by atoms with Gasteiger partial charge in [0.05, 0.1) is 6.10 Å². The Morgan fingerprint density at radius 3 is 2.79 bits per heavy atom. The highest BCUT2D eigenvalue weighted by Gasteiger charge is 2.27. The van der Waals surface area contributed by atoms with Crippen LogP contribution in [0.5, 0.6) is 5.75 Å². The van der Waals surface area contributed by atoms with Gasteiger partial charge in [-0.3, -0.25) is 0 Å². The van der Waals surface area contributed by atoms with Crippen molar-refractivity contribution in [1.82, 2.24) is 5.32 Å². The molecule has 1 unspecified atom stereocenters. The first kappa shape index (κ1) is 14.2. The van der Waals surface area contributed by atoms with Crippen molar-refractivity contribution in [3.63, 3.8) is 0 Å². The second kappa shape index (κ2) is 6.30. The van der Waals surface area contributed by atoms with Crippen molar-refractivity contribution in [3.05, 3.63) is 29.8 Å². The number of benzene rings is 1. The third kappa shape index (κ3) is 4.14. The molecule has 0 amide bonds. The van der Waals surface area contributed by atoms with Crippen LogP contribution in [0.25, 0.3) is 0 Å². The van der Waals surface area contributed by atoms with Gasteiger partial charge >= 0.3 is 6.61 Å². The molecule has 1 aromatic rings. The minimum Gasteiger partial charge on any atom is -0.435 e. The SMILES string of the molecule is CC(NCC1CC(O)C1)c1cccc(OC(F)F)c1. The molecule has 0 heterocycles. The van der Waals surface area contributed by atoms with Crippen LogP contribution in [0.15, 0.2) is 24.3 Å². The highest BCUT2D eigenvalue weighted by molar-refractivity contribution is 5.30. The molecule has 0 aromatic heterocycles. The van der Waals surface area contributed by atoms with Crippen molar-refractivity contribution < 1.29 is 18.6 Å². The predicted octanol–water partition coefficient (Wildman–Crippen LogP) is 2.71. The number of aliphatic hydroxyl groups is 1. The Kier molecular flexibility index (Phi) is 4.71. The lowest BCUT2D eigenvalue weighted by atomic mass is 9.82. The zero-order valence-corrected chi connectivity index (χ0v) is 10.9. The van der Waals surface area contributed by atoms with E-state index in [9.17, 15) is 13.9 Å². The highest BCUT2D eigenvalue weighted by atomic mass is 19.3. The summed E-state index contributed by atoms with van der Waals surface area (Å²) < 4.78 is 28.7. The Balaban J connectivity index is 1.85. The van der Waals surface area contributed by atoms with E-state index in [4.69, 9.17) is 0 Å². The Labute approximate surface area is 111 Å². The Bertz CT molecular complexity index is 408. The third-order valence-corrected chi connectivity index (χ3v) is 3.51. The average molecular weight is 271 g/mol. The van der Waals surface area contributed by atoms with Gasteiger partial charge < -0.3 is 15.2 Å². The van der Waals surface area contributed by atoms with Gasteiger partial charge in [0.1, 0.15) is 5.75 Å². The quantitative estimate of drug-likeness (QED) is 0.836. The molecule has 1 fully saturated rings. The van der Waals surface area contributed by atoms with Crippen LogP contribution in [0.1, 0.15) is 31.4 Å². The van der Waals surface area contributed by atoms with Crippen molar-refractivity contribution in [2.75, 3.05) is 6.54 Å². The van der Waals surface area contributed by atoms with E-state index in [1.807, 2.05) is 13.0 Å². The van der Waals surface area contributed by atoms with E-state index in [0.29, 0.717) is 5.92 Å². The summed E-state index contributed by atoms with van der Waals surface area (Å²) in [4.78, 5) is 0. The summed E-state index contributed by atoms with van der Waals surface area (Å²) in [5, 5.41) is 12.6. The van der Waals surface area contributed by atoms with Gasteiger partial charge in [0.2, 0.25) is 0 Å². The molecule has 19 heavy (non-hydrogen) atoms. The highest BCUT2D eigenvalue weighted by Crippen LogP contribution is 2.27. The van der Waals surface area contributed by atoms with Gasteiger partial charge in [-0.15, -0.1) is 0 Å². The molecule has 1 aliphatic rings. The van der Waals surface area contributed by atoms with E-state index >= 15 is 0 Å². The van der Waals surface area contributed by atoms with E-state index in [2.05, 4.69) is 10.1 Å². The number of nitrogens with one attached hydrogen (secondary N) is 1. The summed E-state index contributed by atoms with van der Waals surface area (Å²) >= 11 is 0. The minimum absolute atomic E-state index is 0.0685. The monoisotopic (exact) mass is 271 g/mol. The van der Waals surface area contributed by atoms with Crippen LogP contribution < -0.4 is 10.1 Å². The van der Waals surface area contributed by atoms with E-state index < -0.39 is 6.61 Å². The largest absolute Gasteiger partial charge is 0.435 e. The molecular weight excluding hydrogens is 252 g/mol. The summed E-state index contributed by atoms with van der Waals surface area (Å²) in [6.07, 6.45) is 1.53. The van der Waals surface area contributed by atoms with E-state index in [1.54, 1.807) is 12.1 Å². The van der Waals surface area contributed by atoms with Gasteiger partial charge in [-0.2, -0.15) is 8.78 Å². The molecule has 2 N–H and O–H groups in total. The zero-order valence-electron chi connectivity index (χ0n) is 10.9. The molecule has 106 valence electrons. The molecule has 1 atom stereocenters. The van der Waals surface area contributed by atoms with E-state index in [-0.39, 0.29) is 17.9 Å². The summed E-state index contributed by atoms with van der Waals surface area (Å²) in [6, 6.07) is 6.80. The third-order valence-electron chi connectivity index (χ3n) is 3.51. The lowest BCUT2D eigenvalue weighted by Crippen LogP contribution is -2.36. The van der Waals surface area contributed by atoms with Crippen molar-refractivity contribution in [2.24, 2.45) is 5.92 Å². The molecule has 0 radical (unpaired) electrons. The van der Waals surface area contributed by atoms with Gasteiger partial charge in [-0.05, 0) is 49.9 Å². The van der Waals surface area contributed by atoms with Crippen LogP contribution >= 0.6 is 0 Å². The van der Waals surface area contributed by atoms with Gasteiger partial charge in [-0.25, -0.2) is 0 Å². The second-order valence-corrected chi connectivity index (χ2v) is 5.07. The van der Waals surface area contributed by atoms with Crippen LogP contribution in [0.2, 0.25) is 0 Å². The fourth-order valence-electron chi connectivity index (χ4n) is 2.29. The molecule has 1 aliphatic carbocycles. The first-order valence-corrected chi connectivity index (χ1v) is 6.51. The molecule has 3 nitrogen and oxygen atoms in total. The predicted molar refractivity (Wildman–Crippen MR) is 68.2 cm³/mol. The second-order valence-electron chi connectivity index (χ2n) is 5.07. The number of rotatable bonds is 6. The first-order valence-electron chi connectivity index (χ1n) is 6.51. The minimum atomic E-state index is -2.80. The van der Waals surface area contributed by atoms with Crippen molar-refractivity contribution in [2.45, 2.75) is 38.5 Å². The number of ether oxygens (including phenoxy) is 1. The van der Waals surface area contributed by atoms with Gasteiger partial charge in [0.25, 0.3) is 0 Å². The van der Waals surface area contributed by atoms with Crippen molar-refractivity contribution >= 4 is 0 Å². The normalized spacial score (nSPS) is 24.1. The number of hydrogen-bond donors (Lipinski definition) is 2. The van der Waals surface area contributed by atoms with Crippen LogP contribution in [0.3, 0.4) is 0 Å². The Morgan fingerprint density at radius 2 is 2.16 bits per heavy atom. The number of hydrogen-bond acceptors (Lipinski definition) is 3. The standard InChI is InChI=1S/C14H19F2NO2/c1-9(17-8-10-5-12(18)6-10)11-3-2-4-13(7-11)19-14(15)16/h2-4,7,9-10,12,14,17-18H,5-6,8H2,1H3. The zero-order chi connectivity index (χ0) is 13.8. The molecule has 1 aromatic carbocycles. The molecule has 0 aliphatic heterocycles. The maximum Gasteiger partial charge on any atom is 0.387 e. The lowest BCUT2D eigenvalue weighted by Gasteiger charge is -2.32. The smallest absolute Gasteiger partial charge is 0.387 e. The van der Waals surface area contributed by atoms with Crippen molar-refractivity contribution in [3.8, 4) is 5.75 Å². The summed E-state index contributed by atoms with van der Waals surface area (Å²) in [5.41, 5.74) is 0.915. The van der Waals surface area contributed by atoms with Gasteiger partial charge in [-0.1, -0.05) is 12.1 Å². The number of alkyl halides is 2. The van der Waals surface area contributed by atoms with Crippen LogP contribution in [0, 0.1) is 5.92 Å². The topological polar surface area (TPSA) is 41.5 Å². The molecule has 5 heteroatoms. The fraction of sp³-hybridized carbons (Fsp3) is 0.571. The van der Waals surface area contributed by atoms with E-state index in [1.165, 1.54) is 6.07 Å². The summed E-state index contributed by atoms with van der Waals surface area (Å²) in [5.74, 6) is 0.693. The molecule has 0 spiro atoms. The molecule has 2 rings (SSSR count). The van der Waals surface area contributed by atoms with Crippen LogP contribution in [-0.2, 0) is 0 Å². The van der Waals surface area contributed by atoms with Gasteiger partial charge in [0.15, 0.2) is 0 Å². The van der Waals surface area contributed by atoms with Crippen molar-refractivity contribution in [1.29, 1.82) is 0 Å². The lowest BCUT2D eigenvalue weighted by molar-refractivity contribution is -0.0499. The molecule has 0 bridgehead atoms. The summed E-state index contributed by atoms with van der Waals surface area (Å²) in [7, 11) is 0. The number of halogens is 2. The van der Waals surface area contributed by atoms with E-state index in [0.717, 1.165) is 24.9 Å². The number of aliphatic hydroxyl groups excluding tert-OH is 1. The van der Waals surface area contributed by atoms with Crippen LogP contribution in [-0.4, -0.2) is 24.4 Å². The average Bonchev–Trinajstić information content (AvgIpc) is 2.32. The van der Waals surface area contributed by atoms with Gasteiger partial charge in [0, 0.05) is 6.04 Å². The molecule has 0 saturated heterocycles. The summed E-state index contributed by atoms with van der Waals surface area (Å²) in [6.45, 7) is 0.0179. The molecular formula is C14H19F2NO2. The van der Waals surface area contributed by atoms with Crippen LogP contribution in [0.4, 0.5) is 8.78 Å². The molecule has 1 saturated carbocycles.